The summed E-state index contributed by atoms with van der Waals surface area (Å²) in [6, 6.07) is 10.4. The molecule has 0 spiro atoms. The van der Waals surface area contributed by atoms with Gasteiger partial charge in [0.2, 0.25) is 0 Å². The molecular formula is C23H25N5S. The molecule has 0 saturated heterocycles. The minimum atomic E-state index is 0.311. The van der Waals surface area contributed by atoms with Crippen molar-refractivity contribution in [2.24, 2.45) is 7.05 Å². The zero-order chi connectivity index (χ0) is 20.2. The molecule has 5 nitrogen and oxygen atoms in total. The first kappa shape index (κ1) is 19.5. The number of benzene rings is 1. The Kier molecular flexibility index (Phi) is 5.81. The summed E-state index contributed by atoms with van der Waals surface area (Å²) in [5, 5.41) is 11.1. The molecule has 0 N–H and O–H groups in total. The predicted octanol–water partition coefficient (Wildman–Crippen LogP) is 5.18. The number of hydrogen-bond acceptors (Lipinski definition) is 5. The van der Waals surface area contributed by atoms with Crippen molar-refractivity contribution in [2.45, 2.75) is 39.0 Å². The standard InChI is InChI=1S/C23H25N5S/c1-4-6-23-25-15-20(29-23)16(2)8-11-21-26-27-22(28(21)3)14-17-9-10-19-18(13-17)7-5-12-24-19/h5,7-13,15-16H,4,6,14H2,1-3H3/b11-8-. The number of rotatable bonds is 7. The van der Waals surface area contributed by atoms with Crippen molar-refractivity contribution >= 4 is 28.3 Å². The molecule has 0 aliphatic rings. The van der Waals surface area contributed by atoms with Gasteiger partial charge in [-0.05, 0) is 42.7 Å². The molecule has 0 aliphatic heterocycles. The maximum Gasteiger partial charge on any atom is 0.156 e. The summed E-state index contributed by atoms with van der Waals surface area (Å²) in [6.45, 7) is 4.38. The molecule has 0 saturated carbocycles. The fourth-order valence-electron chi connectivity index (χ4n) is 3.28. The highest BCUT2D eigenvalue weighted by Crippen LogP contribution is 2.25. The van der Waals surface area contributed by atoms with Gasteiger partial charge in [0.25, 0.3) is 0 Å². The van der Waals surface area contributed by atoms with Gasteiger partial charge in [0.1, 0.15) is 5.82 Å². The van der Waals surface area contributed by atoms with Crippen molar-refractivity contribution in [3.05, 3.63) is 75.9 Å². The third-order valence-corrected chi connectivity index (χ3v) is 6.30. The summed E-state index contributed by atoms with van der Waals surface area (Å²) in [5.74, 6) is 2.13. The topological polar surface area (TPSA) is 56.5 Å². The number of nitrogens with zero attached hydrogens (tertiary/aromatic N) is 5. The molecule has 29 heavy (non-hydrogen) atoms. The van der Waals surface area contributed by atoms with Crippen LogP contribution in [0, 0.1) is 0 Å². The van der Waals surface area contributed by atoms with Crippen molar-refractivity contribution < 1.29 is 0 Å². The first-order valence-electron chi connectivity index (χ1n) is 9.98. The summed E-state index contributed by atoms with van der Waals surface area (Å²) >= 11 is 1.80. The van der Waals surface area contributed by atoms with E-state index in [1.165, 1.54) is 15.4 Å². The fraction of sp³-hybridized carbons (Fsp3) is 0.304. The molecule has 3 aromatic heterocycles. The second-order valence-corrected chi connectivity index (χ2v) is 8.44. The van der Waals surface area contributed by atoms with Gasteiger partial charge in [0.05, 0.1) is 10.5 Å². The molecule has 0 bridgehead atoms. The normalized spacial score (nSPS) is 12.8. The zero-order valence-electron chi connectivity index (χ0n) is 17.0. The quantitative estimate of drug-likeness (QED) is 0.427. The van der Waals surface area contributed by atoms with Crippen molar-refractivity contribution in [1.82, 2.24) is 24.7 Å². The van der Waals surface area contributed by atoms with Gasteiger partial charge in [-0.3, -0.25) is 4.98 Å². The van der Waals surface area contributed by atoms with Crippen LogP contribution in [0.15, 0.2) is 48.8 Å². The molecule has 6 heteroatoms. The van der Waals surface area contributed by atoms with E-state index < -0.39 is 0 Å². The molecule has 0 radical (unpaired) electrons. The molecule has 4 aromatic rings. The Morgan fingerprint density at radius 2 is 2.07 bits per heavy atom. The van der Waals surface area contributed by atoms with Crippen LogP contribution in [0.5, 0.6) is 0 Å². The third-order valence-electron chi connectivity index (χ3n) is 5.05. The maximum atomic E-state index is 4.52. The Balaban J connectivity index is 1.47. The molecule has 3 heterocycles. The minimum Gasteiger partial charge on any atom is -0.314 e. The van der Waals surface area contributed by atoms with Crippen LogP contribution in [-0.4, -0.2) is 24.7 Å². The van der Waals surface area contributed by atoms with Crippen molar-refractivity contribution in [3.63, 3.8) is 0 Å². The highest BCUT2D eigenvalue weighted by Gasteiger charge is 2.10. The molecule has 1 aromatic carbocycles. The van der Waals surface area contributed by atoms with Crippen LogP contribution in [0.1, 0.15) is 53.3 Å². The Bertz CT molecular complexity index is 1140. The number of allylic oxidation sites excluding steroid dienone is 1. The first-order valence-corrected chi connectivity index (χ1v) is 10.8. The Morgan fingerprint density at radius 3 is 2.93 bits per heavy atom. The van der Waals surface area contributed by atoms with Crippen LogP contribution in [0.25, 0.3) is 17.0 Å². The van der Waals surface area contributed by atoms with Gasteiger partial charge >= 0.3 is 0 Å². The summed E-state index contributed by atoms with van der Waals surface area (Å²) in [4.78, 5) is 10.2. The lowest BCUT2D eigenvalue weighted by molar-refractivity contribution is 0.814. The van der Waals surface area contributed by atoms with Crippen LogP contribution in [0.4, 0.5) is 0 Å². The molecule has 148 valence electrons. The summed E-state index contributed by atoms with van der Waals surface area (Å²) in [7, 11) is 2.02. The number of fused-ring (bicyclic) bond motifs is 1. The number of pyridine rings is 1. The van der Waals surface area contributed by atoms with E-state index in [0.717, 1.165) is 41.8 Å². The van der Waals surface area contributed by atoms with E-state index >= 15 is 0 Å². The minimum absolute atomic E-state index is 0.311. The fourth-order valence-corrected chi connectivity index (χ4v) is 4.34. The van der Waals surface area contributed by atoms with Crippen LogP contribution < -0.4 is 0 Å². The van der Waals surface area contributed by atoms with E-state index in [0.29, 0.717) is 5.92 Å². The number of aryl methyl sites for hydroxylation is 1. The van der Waals surface area contributed by atoms with E-state index in [2.05, 4.69) is 75.0 Å². The molecule has 0 aliphatic carbocycles. The SMILES string of the molecule is CCCc1ncc(C(C)/C=C\c2nnc(Cc3ccc4ncccc4c3)n2C)s1. The van der Waals surface area contributed by atoms with Gasteiger partial charge in [0, 0.05) is 42.0 Å². The number of aromatic nitrogens is 5. The van der Waals surface area contributed by atoms with Gasteiger partial charge in [-0.25, -0.2) is 4.98 Å². The average Bonchev–Trinajstić information content (AvgIpc) is 3.34. The van der Waals surface area contributed by atoms with Crippen LogP contribution in [0.3, 0.4) is 0 Å². The second kappa shape index (κ2) is 8.66. The summed E-state index contributed by atoms with van der Waals surface area (Å²) in [6.07, 6.45) is 11.0. The average molecular weight is 404 g/mol. The Labute approximate surface area is 175 Å². The number of thiazole rings is 1. The maximum absolute atomic E-state index is 4.52. The highest BCUT2D eigenvalue weighted by molar-refractivity contribution is 7.11. The van der Waals surface area contributed by atoms with Gasteiger partial charge < -0.3 is 4.57 Å². The van der Waals surface area contributed by atoms with Gasteiger partial charge in [-0.2, -0.15) is 0 Å². The van der Waals surface area contributed by atoms with Crippen molar-refractivity contribution in [1.29, 1.82) is 0 Å². The second-order valence-electron chi connectivity index (χ2n) is 7.29. The lowest BCUT2D eigenvalue weighted by atomic mass is 10.1. The first-order chi connectivity index (χ1) is 14.1. The van der Waals surface area contributed by atoms with E-state index in [-0.39, 0.29) is 0 Å². The summed E-state index contributed by atoms with van der Waals surface area (Å²) in [5.41, 5.74) is 2.22. The van der Waals surface area contributed by atoms with E-state index in [4.69, 9.17) is 0 Å². The van der Waals surface area contributed by atoms with Crippen LogP contribution in [-0.2, 0) is 19.9 Å². The molecule has 0 amide bonds. The number of hydrogen-bond donors (Lipinski definition) is 0. The zero-order valence-corrected chi connectivity index (χ0v) is 17.9. The predicted molar refractivity (Wildman–Crippen MR) is 119 cm³/mol. The molecule has 1 atom stereocenters. The van der Waals surface area contributed by atoms with Gasteiger partial charge in [-0.1, -0.05) is 32.1 Å². The lowest BCUT2D eigenvalue weighted by Gasteiger charge is -2.05. The van der Waals surface area contributed by atoms with E-state index in [1.807, 2.05) is 25.5 Å². The van der Waals surface area contributed by atoms with Crippen molar-refractivity contribution in [3.8, 4) is 0 Å². The van der Waals surface area contributed by atoms with Gasteiger partial charge in [-0.15, -0.1) is 21.5 Å². The lowest BCUT2D eigenvalue weighted by Crippen LogP contribution is -2.01. The Hall–Kier alpha value is -2.86. The highest BCUT2D eigenvalue weighted by atomic mass is 32.1. The van der Waals surface area contributed by atoms with Crippen LogP contribution in [0.2, 0.25) is 0 Å². The third kappa shape index (κ3) is 4.43. The van der Waals surface area contributed by atoms with E-state index in [9.17, 15) is 0 Å². The largest absolute Gasteiger partial charge is 0.314 e. The van der Waals surface area contributed by atoms with Crippen LogP contribution >= 0.6 is 11.3 Å². The molecule has 0 fully saturated rings. The van der Waals surface area contributed by atoms with E-state index in [1.54, 1.807) is 11.3 Å². The molecular weight excluding hydrogens is 378 g/mol. The monoisotopic (exact) mass is 403 g/mol. The molecule has 4 rings (SSSR count). The molecule has 1 unspecified atom stereocenters. The summed E-state index contributed by atoms with van der Waals surface area (Å²) < 4.78 is 2.06. The smallest absolute Gasteiger partial charge is 0.156 e. The van der Waals surface area contributed by atoms with Crippen molar-refractivity contribution in [2.75, 3.05) is 0 Å². The Morgan fingerprint density at radius 1 is 1.17 bits per heavy atom. The van der Waals surface area contributed by atoms with Gasteiger partial charge in [0.15, 0.2) is 5.82 Å².